The molecule has 8 nitrogen and oxygen atoms in total. The average molecular weight is 426 g/mol. The van der Waals surface area contributed by atoms with E-state index in [9.17, 15) is 0 Å². The van der Waals surface area contributed by atoms with Crippen molar-refractivity contribution in [3.8, 4) is 0 Å². The average Bonchev–Trinajstić information content (AvgIpc) is 3.19. The molecule has 4 heterocycles. The molecule has 158 valence electrons. The highest BCUT2D eigenvalue weighted by Crippen LogP contribution is 2.29. The molecule has 1 aliphatic heterocycles. The largest absolute Gasteiger partial charge is 0.379 e. The highest BCUT2D eigenvalue weighted by molar-refractivity contribution is 7.15. The molecule has 0 amide bonds. The molecule has 1 saturated carbocycles. The zero-order valence-corrected chi connectivity index (χ0v) is 18.0. The van der Waals surface area contributed by atoms with Gasteiger partial charge in [0.25, 0.3) is 0 Å². The van der Waals surface area contributed by atoms with Crippen molar-refractivity contribution in [1.29, 1.82) is 0 Å². The fourth-order valence-electron chi connectivity index (χ4n) is 4.37. The van der Waals surface area contributed by atoms with E-state index in [-0.39, 0.29) is 0 Å². The minimum absolute atomic E-state index is 0.404. The fourth-order valence-corrected chi connectivity index (χ4v) is 5.05. The zero-order chi connectivity index (χ0) is 20.3. The predicted octanol–water partition coefficient (Wildman–Crippen LogP) is 3.59. The molecule has 5 rings (SSSR count). The van der Waals surface area contributed by atoms with Gasteiger partial charge in [0.1, 0.15) is 10.5 Å². The van der Waals surface area contributed by atoms with Gasteiger partial charge in [-0.05, 0) is 44.7 Å². The summed E-state index contributed by atoms with van der Waals surface area (Å²) in [5, 5.41) is 8.91. The molecule has 0 bridgehead atoms. The second-order valence-electron chi connectivity index (χ2n) is 7.93. The highest BCUT2D eigenvalue weighted by atomic mass is 32.1. The van der Waals surface area contributed by atoms with Crippen LogP contribution in [-0.2, 0) is 4.74 Å². The molecule has 0 spiro atoms. The summed E-state index contributed by atoms with van der Waals surface area (Å²) in [5.74, 6) is 1.38. The van der Waals surface area contributed by atoms with Crippen LogP contribution in [0.15, 0.2) is 24.5 Å². The summed E-state index contributed by atoms with van der Waals surface area (Å²) >= 11 is 1.59. The number of anilines is 3. The van der Waals surface area contributed by atoms with Crippen molar-refractivity contribution in [2.45, 2.75) is 44.7 Å². The number of pyridine rings is 1. The van der Waals surface area contributed by atoms with E-state index in [4.69, 9.17) is 9.72 Å². The summed E-state index contributed by atoms with van der Waals surface area (Å²) in [4.78, 5) is 20.8. The van der Waals surface area contributed by atoms with Gasteiger partial charge in [0.15, 0.2) is 5.82 Å². The van der Waals surface area contributed by atoms with E-state index in [1.165, 1.54) is 12.8 Å². The number of rotatable bonds is 5. The molecule has 0 unspecified atom stereocenters. The van der Waals surface area contributed by atoms with Crippen LogP contribution < -0.4 is 10.6 Å². The molecule has 2 N–H and O–H groups in total. The Hall–Kier alpha value is -2.36. The molecule has 9 heteroatoms. The first-order valence-electron chi connectivity index (χ1n) is 10.6. The summed E-state index contributed by atoms with van der Waals surface area (Å²) in [6.45, 7) is 5.85. The molecule has 0 atom stereocenters. The first-order chi connectivity index (χ1) is 14.7. The minimum Gasteiger partial charge on any atom is -0.379 e. The van der Waals surface area contributed by atoms with Crippen molar-refractivity contribution in [2.75, 3.05) is 36.9 Å². The van der Waals surface area contributed by atoms with Gasteiger partial charge in [0.05, 0.1) is 29.9 Å². The molecular formula is C21H27N7OS. The van der Waals surface area contributed by atoms with Crippen molar-refractivity contribution in [3.05, 3.63) is 29.5 Å². The van der Waals surface area contributed by atoms with E-state index < -0.39 is 0 Å². The molecule has 2 aliphatic rings. The van der Waals surface area contributed by atoms with Crippen LogP contribution in [0.4, 0.5) is 16.8 Å². The number of hydrogen-bond donors (Lipinski definition) is 2. The number of thiazole rings is 1. The third kappa shape index (κ3) is 4.38. The van der Waals surface area contributed by atoms with Gasteiger partial charge >= 0.3 is 0 Å². The Labute approximate surface area is 180 Å². The lowest BCUT2D eigenvalue weighted by Crippen LogP contribution is -2.46. The van der Waals surface area contributed by atoms with E-state index in [0.717, 1.165) is 66.0 Å². The monoisotopic (exact) mass is 425 g/mol. The fraction of sp³-hybridized carbons (Fsp3) is 0.524. The third-order valence-corrected chi connectivity index (χ3v) is 6.74. The topological polar surface area (TPSA) is 88.1 Å². The van der Waals surface area contributed by atoms with Crippen LogP contribution in [0, 0.1) is 6.92 Å². The van der Waals surface area contributed by atoms with E-state index in [2.05, 4.69) is 30.5 Å². The Morgan fingerprint density at radius 2 is 1.93 bits per heavy atom. The quantitative estimate of drug-likeness (QED) is 0.641. The zero-order valence-electron chi connectivity index (χ0n) is 17.2. The number of fused-ring (bicyclic) bond motifs is 1. The molecule has 0 radical (unpaired) electrons. The van der Waals surface area contributed by atoms with E-state index in [1.54, 1.807) is 17.5 Å². The third-order valence-electron chi connectivity index (χ3n) is 5.91. The number of nitrogens with zero attached hydrogens (tertiary/aromatic N) is 5. The first kappa shape index (κ1) is 19.6. The number of ether oxygens (including phenoxy) is 1. The van der Waals surface area contributed by atoms with Gasteiger partial charge in [0.2, 0.25) is 5.95 Å². The van der Waals surface area contributed by atoms with Crippen molar-refractivity contribution in [2.24, 2.45) is 0 Å². The lowest BCUT2D eigenvalue weighted by Gasteiger charge is -2.39. The predicted molar refractivity (Wildman–Crippen MR) is 120 cm³/mol. The molecule has 2 fully saturated rings. The SMILES string of the molecule is Cc1ncc(Nc2nc(NC3CCC(N4CCOCC4)CC3)c3ncccc3n2)s1. The van der Waals surface area contributed by atoms with Gasteiger partial charge in [-0.25, -0.2) is 9.97 Å². The Balaban J connectivity index is 1.31. The van der Waals surface area contributed by atoms with Gasteiger partial charge < -0.3 is 15.4 Å². The molecule has 1 saturated heterocycles. The summed E-state index contributed by atoms with van der Waals surface area (Å²) in [6, 6.07) is 4.97. The van der Waals surface area contributed by atoms with Crippen LogP contribution in [0.3, 0.4) is 0 Å². The molecular weight excluding hydrogens is 398 g/mol. The lowest BCUT2D eigenvalue weighted by molar-refractivity contribution is 0.00791. The summed E-state index contributed by atoms with van der Waals surface area (Å²) in [6.07, 6.45) is 8.30. The summed E-state index contributed by atoms with van der Waals surface area (Å²) < 4.78 is 5.50. The molecule has 0 aromatic carbocycles. The van der Waals surface area contributed by atoms with E-state index in [0.29, 0.717) is 18.0 Å². The smallest absolute Gasteiger partial charge is 0.230 e. The maximum Gasteiger partial charge on any atom is 0.230 e. The van der Waals surface area contributed by atoms with Gasteiger partial charge in [-0.3, -0.25) is 9.88 Å². The molecule has 1 aliphatic carbocycles. The Morgan fingerprint density at radius 1 is 1.10 bits per heavy atom. The summed E-state index contributed by atoms with van der Waals surface area (Å²) in [5.41, 5.74) is 1.65. The lowest BCUT2D eigenvalue weighted by atomic mass is 9.90. The van der Waals surface area contributed by atoms with Crippen molar-refractivity contribution in [3.63, 3.8) is 0 Å². The molecule has 30 heavy (non-hydrogen) atoms. The van der Waals surface area contributed by atoms with Gasteiger partial charge in [-0.15, -0.1) is 11.3 Å². The standard InChI is InChI=1S/C21H27N7OS/c1-14-23-13-18(30-14)26-21-25-17-3-2-8-22-19(17)20(27-21)24-15-4-6-16(7-5-15)28-9-11-29-12-10-28/h2-3,8,13,15-16H,4-7,9-12H2,1H3,(H2,24,25,26,27). The van der Waals surface area contributed by atoms with Crippen molar-refractivity contribution < 1.29 is 4.74 Å². The number of nitrogens with one attached hydrogen (secondary N) is 2. The maximum absolute atomic E-state index is 5.50. The number of aromatic nitrogens is 4. The highest BCUT2D eigenvalue weighted by Gasteiger charge is 2.27. The van der Waals surface area contributed by atoms with Crippen LogP contribution in [0.1, 0.15) is 30.7 Å². The van der Waals surface area contributed by atoms with Crippen molar-refractivity contribution in [1.82, 2.24) is 24.8 Å². The second kappa shape index (κ2) is 8.79. The van der Waals surface area contributed by atoms with E-state index >= 15 is 0 Å². The number of aryl methyl sites for hydroxylation is 1. The first-order valence-corrected chi connectivity index (χ1v) is 11.5. The van der Waals surface area contributed by atoms with E-state index in [1.807, 2.05) is 25.3 Å². The van der Waals surface area contributed by atoms with Crippen LogP contribution in [0.25, 0.3) is 11.0 Å². The Morgan fingerprint density at radius 3 is 2.70 bits per heavy atom. The minimum atomic E-state index is 0.404. The van der Waals surface area contributed by atoms with Crippen LogP contribution >= 0.6 is 11.3 Å². The Kier molecular flexibility index (Phi) is 5.74. The molecule has 3 aromatic heterocycles. The normalized spacial score (nSPS) is 22.8. The number of hydrogen-bond acceptors (Lipinski definition) is 9. The van der Waals surface area contributed by atoms with Crippen molar-refractivity contribution >= 4 is 39.1 Å². The van der Waals surface area contributed by atoms with Crippen LogP contribution in [-0.4, -0.2) is 63.2 Å². The molecule has 3 aromatic rings. The second-order valence-corrected chi connectivity index (χ2v) is 9.17. The maximum atomic E-state index is 5.50. The van der Waals surface area contributed by atoms with Crippen LogP contribution in [0.5, 0.6) is 0 Å². The Bertz CT molecular complexity index is 996. The van der Waals surface area contributed by atoms with Gasteiger partial charge in [0, 0.05) is 31.4 Å². The number of morpholine rings is 1. The van der Waals surface area contributed by atoms with Crippen LogP contribution in [0.2, 0.25) is 0 Å². The van der Waals surface area contributed by atoms with Gasteiger partial charge in [-0.2, -0.15) is 4.98 Å². The summed E-state index contributed by atoms with van der Waals surface area (Å²) in [7, 11) is 0. The van der Waals surface area contributed by atoms with Gasteiger partial charge in [-0.1, -0.05) is 0 Å².